The number of nitrogens with zero attached hydrogens (tertiary/aromatic N) is 1. The number of halogens is 2. The molecule has 0 aromatic heterocycles. The van der Waals surface area contributed by atoms with E-state index >= 15 is 0 Å². The van der Waals surface area contributed by atoms with Crippen LogP contribution in [-0.2, 0) is 4.79 Å². The van der Waals surface area contributed by atoms with Gasteiger partial charge >= 0.3 is 6.09 Å². The largest absolute Gasteiger partial charge is 0.465 e. The van der Waals surface area contributed by atoms with Crippen molar-refractivity contribution in [3.05, 3.63) is 71.0 Å². The van der Waals surface area contributed by atoms with Crippen molar-refractivity contribution >= 4 is 12.0 Å². The van der Waals surface area contributed by atoms with Gasteiger partial charge in [0.1, 0.15) is 18.0 Å². The van der Waals surface area contributed by atoms with E-state index in [1.54, 1.807) is 36.4 Å². The molecule has 29 heavy (non-hydrogen) atoms. The molecule has 2 aromatic carbocycles. The maximum atomic E-state index is 14.6. The number of hydrogen-bond donors (Lipinski definition) is 2. The number of hydrogen-bond acceptors (Lipinski definition) is 2. The van der Waals surface area contributed by atoms with E-state index < -0.39 is 30.3 Å². The van der Waals surface area contributed by atoms with Gasteiger partial charge in [0.25, 0.3) is 0 Å². The van der Waals surface area contributed by atoms with Crippen LogP contribution in [0, 0.1) is 5.82 Å². The van der Waals surface area contributed by atoms with E-state index in [9.17, 15) is 23.5 Å². The van der Waals surface area contributed by atoms with Gasteiger partial charge in [0.05, 0.1) is 12.6 Å². The van der Waals surface area contributed by atoms with Crippen LogP contribution in [0.3, 0.4) is 0 Å². The third-order valence-corrected chi connectivity index (χ3v) is 5.59. The Kier molecular flexibility index (Phi) is 5.22. The van der Waals surface area contributed by atoms with Crippen LogP contribution >= 0.6 is 0 Å². The Morgan fingerprint density at radius 2 is 1.83 bits per heavy atom. The summed E-state index contributed by atoms with van der Waals surface area (Å²) >= 11 is 0. The normalized spacial score (nSPS) is 22.3. The molecule has 2 aromatic rings. The van der Waals surface area contributed by atoms with Crippen LogP contribution in [0.15, 0.2) is 48.5 Å². The van der Waals surface area contributed by atoms with Gasteiger partial charge in [-0.15, -0.1) is 0 Å². The summed E-state index contributed by atoms with van der Waals surface area (Å²) in [5.74, 6) is -0.636. The van der Waals surface area contributed by atoms with Crippen LogP contribution in [0.5, 0.6) is 0 Å². The van der Waals surface area contributed by atoms with Gasteiger partial charge in [0, 0.05) is 6.42 Å². The summed E-state index contributed by atoms with van der Waals surface area (Å²) in [4.78, 5) is 25.0. The summed E-state index contributed by atoms with van der Waals surface area (Å²) in [7, 11) is 0. The Morgan fingerprint density at radius 1 is 1.10 bits per heavy atom. The smallest absolute Gasteiger partial charge is 0.408 e. The molecule has 152 valence electrons. The van der Waals surface area contributed by atoms with Crippen LogP contribution in [0.1, 0.15) is 47.9 Å². The molecule has 2 fully saturated rings. The molecule has 1 saturated carbocycles. The van der Waals surface area contributed by atoms with E-state index in [1.165, 1.54) is 6.07 Å². The number of carbonyl (C=O) groups is 2. The van der Waals surface area contributed by atoms with Crippen molar-refractivity contribution < 1.29 is 23.5 Å². The highest BCUT2D eigenvalue weighted by molar-refractivity contribution is 5.86. The molecule has 4 rings (SSSR count). The van der Waals surface area contributed by atoms with Gasteiger partial charge in [-0.05, 0) is 41.5 Å². The fourth-order valence-corrected chi connectivity index (χ4v) is 3.94. The number of amides is 2. The van der Waals surface area contributed by atoms with Gasteiger partial charge in [-0.2, -0.15) is 0 Å². The summed E-state index contributed by atoms with van der Waals surface area (Å²) in [6, 6.07) is 12.2. The molecule has 0 radical (unpaired) electrons. The third kappa shape index (κ3) is 4.09. The topological polar surface area (TPSA) is 69.6 Å². The molecule has 1 heterocycles. The van der Waals surface area contributed by atoms with Crippen molar-refractivity contribution in [2.45, 2.75) is 43.4 Å². The number of benzene rings is 2. The molecule has 2 amide bonds. The van der Waals surface area contributed by atoms with Crippen molar-refractivity contribution in [2.75, 3.05) is 6.54 Å². The molecule has 3 atom stereocenters. The van der Waals surface area contributed by atoms with E-state index in [4.69, 9.17) is 0 Å². The third-order valence-electron chi connectivity index (χ3n) is 5.59. The second-order valence-corrected chi connectivity index (χ2v) is 7.69. The Labute approximate surface area is 167 Å². The lowest BCUT2D eigenvalue weighted by atomic mass is 9.96. The molecule has 2 aliphatic rings. The lowest BCUT2D eigenvalue weighted by molar-refractivity contribution is -0.125. The van der Waals surface area contributed by atoms with E-state index in [0.717, 1.165) is 23.3 Å². The van der Waals surface area contributed by atoms with Crippen LogP contribution in [-0.4, -0.2) is 40.8 Å². The van der Waals surface area contributed by atoms with Crippen LogP contribution in [0.2, 0.25) is 0 Å². The zero-order valence-electron chi connectivity index (χ0n) is 15.7. The maximum absolute atomic E-state index is 14.6. The highest BCUT2D eigenvalue weighted by atomic mass is 19.1. The van der Waals surface area contributed by atoms with Crippen LogP contribution < -0.4 is 5.32 Å². The second-order valence-electron chi connectivity index (χ2n) is 7.69. The van der Waals surface area contributed by atoms with Gasteiger partial charge in [0.2, 0.25) is 5.91 Å². The summed E-state index contributed by atoms with van der Waals surface area (Å²) in [6.45, 7) is -0.325. The highest BCUT2D eigenvalue weighted by Crippen LogP contribution is 2.41. The number of carbonyl (C=O) groups excluding carboxylic acids is 1. The molecular formula is C22H22F2N2O3. The Hall–Kier alpha value is -2.96. The van der Waals surface area contributed by atoms with Gasteiger partial charge in [0.15, 0.2) is 0 Å². The quantitative estimate of drug-likeness (QED) is 0.797. The van der Waals surface area contributed by atoms with E-state index in [1.807, 2.05) is 6.07 Å². The van der Waals surface area contributed by atoms with Crippen molar-refractivity contribution in [3.8, 4) is 0 Å². The van der Waals surface area contributed by atoms with Gasteiger partial charge in [-0.1, -0.05) is 42.5 Å². The summed E-state index contributed by atoms with van der Waals surface area (Å²) in [6.07, 6.45) is -0.943. The number of rotatable bonds is 5. The number of likely N-dealkylation sites (tertiary alicyclic amines) is 1. The molecule has 5 nitrogen and oxygen atoms in total. The second kappa shape index (κ2) is 7.81. The molecule has 1 aliphatic carbocycles. The van der Waals surface area contributed by atoms with Crippen molar-refractivity contribution in [1.29, 1.82) is 0 Å². The maximum Gasteiger partial charge on any atom is 0.408 e. The number of alkyl halides is 1. The van der Waals surface area contributed by atoms with Crippen LogP contribution in [0.25, 0.3) is 0 Å². The van der Waals surface area contributed by atoms with Crippen molar-refractivity contribution in [1.82, 2.24) is 10.2 Å². The first kappa shape index (κ1) is 19.4. The first-order valence-electron chi connectivity index (χ1n) is 9.72. The zero-order valence-corrected chi connectivity index (χ0v) is 15.7. The van der Waals surface area contributed by atoms with Gasteiger partial charge in [-0.3, -0.25) is 9.69 Å². The van der Waals surface area contributed by atoms with Crippen molar-refractivity contribution in [2.24, 2.45) is 0 Å². The molecule has 1 saturated heterocycles. The molecule has 0 spiro atoms. The lowest BCUT2D eigenvalue weighted by Crippen LogP contribution is -2.46. The Morgan fingerprint density at radius 3 is 2.45 bits per heavy atom. The summed E-state index contributed by atoms with van der Waals surface area (Å²) in [5.41, 5.74) is 1.97. The molecular weight excluding hydrogens is 378 g/mol. The average Bonchev–Trinajstić information content (AvgIpc) is 3.47. The monoisotopic (exact) mass is 400 g/mol. The number of nitrogens with one attached hydrogen (secondary N) is 1. The Balaban J connectivity index is 1.62. The molecule has 1 aliphatic heterocycles. The van der Waals surface area contributed by atoms with Crippen LogP contribution in [0.4, 0.5) is 13.6 Å². The predicted molar refractivity (Wildman–Crippen MR) is 103 cm³/mol. The van der Waals surface area contributed by atoms with Crippen molar-refractivity contribution in [3.63, 3.8) is 0 Å². The first-order chi connectivity index (χ1) is 13.9. The van der Waals surface area contributed by atoms with Gasteiger partial charge in [-0.25, -0.2) is 13.6 Å². The zero-order chi connectivity index (χ0) is 20.5. The minimum absolute atomic E-state index is 0.186. The fraction of sp³-hybridized carbons (Fsp3) is 0.364. The average molecular weight is 400 g/mol. The van der Waals surface area contributed by atoms with E-state index in [0.29, 0.717) is 11.1 Å². The summed E-state index contributed by atoms with van der Waals surface area (Å²) in [5, 5.41) is 12.1. The van der Waals surface area contributed by atoms with E-state index in [2.05, 4.69) is 5.32 Å². The molecule has 7 heteroatoms. The Bertz CT molecular complexity index is 918. The minimum atomic E-state index is -1.38. The predicted octanol–water partition coefficient (Wildman–Crippen LogP) is 4.00. The highest BCUT2D eigenvalue weighted by Gasteiger charge is 2.40. The lowest BCUT2D eigenvalue weighted by Gasteiger charge is -2.25. The fourth-order valence-electron chi connectivity index (χ4n) is 3.94. The first-order valence-corrected chi connectivity index (χ1v) is 9.72. The molecule has 2 N–H and O–H groups in total. The molecule has 3 unspecified atom stereocenters. The SMILES string of the molecule is O=C(NC(c1ccccc1)c1ccc(C2CC2)c(F)c1)C1CC(F)CN1C(=O)O. The molecule has 0 bridgehead atoms. The van der Waals surface area contributed by atoms with E-state index in [-0.39, 0.29) is 24.7 Å². The minimum Gasteiger partial charge on any atom is -0.465 e. The summed E-state index contributed by atoms with van der Waals surface area (Å²) < 4.78 is 28.4. The van der Waals surface area contributed by atoms with Gasteiger partial charge < -0.3 is 10.4 Å². The number of carboxylic acid groups (broad SMARTS) is 1. The standard InChI is InChI=1S/C22H22F2N2O3/c23-16-11-19(26(12-16)22(28)29)21(27)25-20(14-4-2-1-3-5-14)15-8-9-17(13-6-7-13)18(24)10-15/h1-5,8-10,13,16,19-20H,6-7,11-12H2,(H,25,27)(H,28,29).